The molecule has 0 saturated carbocycles. The molecule has 7 heteroatoms. The topological polar surface area (TPSA) is 72.5 Å². The summed E-state index contributed by atoms with van der Waals surface area (Å²) in [6, 6.07) is 9.35. The van der Waals surface area contributed by atoms with Gasteiger partial charge in [-0.1, -0.05) is 12.1 Å². The summed E-state index contributed by atoms with van der Waals surface area (Å²) < 4.78 is 24.3. The molecular formula is C17H18FN3O3. The zero-order chi connectivity index (χ0) is 16.8. The molecule has 24 heavy (non-hydrogen) atoms. The first kappa shape index (κ1) is 16.4. The van der Waals surface area contributed by atoms with E-state index in [9.17, 15) is 9.18 Å². The second kappa shape index (κ2) is 7.85. The average molecular weight is 331 g/mol. The summed E-state index contributed by atoms with van der Waals surface area (Å²) in [5.41, 5.74) is 0.693. The normalized spacial score (nSPS) is 17.3. The molecule has 0 bridgehead atoms. The van der Waals surface area contributed by atoms with E-state index in [1.165, 1.54) is 12.1 Å². The quantitative estimate of drug-likeness (QED) is 0.871. The standard InChI is InChI=1S/C17H18FN3O3/c18-13-4-1-5-14(9-13)24-17-12(3-2-6-20-17)10-21-16(22)15-11-19-7-8-23-15/h1-6,9,15,19H,7-8,10-11H2,(H,21,22). The zero-order valence-corrected chi connectivity index (χ0v) is 13.0. The molecule has 1 atom stereocenters. The van der Waals surface area contributed by atoms with Crippen LogP contribution in [0.5, 0.6) is 11.6 Å². The third-order valence-corrected chi connectivity index (χ3v) is 3.53. The minimum atomic E-state index is -0.497. The predicted molar refractivity (Wildman–Crippen MR) is 85.2 cm³/mol. The van der Waals surface area contributed by atoms with Gasteiger partial charge >= 0.3 is 0 Å². The molecule has 0 radical (unpaired) electrons. The van der Waals surface area contributed by atoms with Crippen LogP contribution in [0.4, 0.5) is 4.39 Å². The maximum absolute atomic E-state index is 13.3. The van der Waals surface area contributed by atoms with Crippen LogP contribution in [0, 0.1) is 5.82 Å². The number of amides is 1. The number of hydrogen-bond acceptors (Lipinski definition) is 5. The van der Waals surface area contributed by atoms with Gasteiger partial charge in [-0.2, -0.15) is 0 Å². The van der Waals surface area contributed by atoms with E-state index in [1.54, 1.807) is 30.5 Å². The van der Waals surface area contributed by atoms with Gasteiger partial charge in [0.15, 0.2) is 0 Å². The second-order valence-corrected chi connectivity index (χ2v) is 5.31. The molecule has 6 nitrogen and oxygen atoms in total. The van der Waals surface area contributed by atoms with Crippen LogP contribution < -0.4 is 15.4 Å². The molecule has 1 aromatic carbocycles. The molecule has 0 spiro atoms. The largest absolute Gasteiger partial charge is 0.439 e. The number of carbonyl (C=O) groups excluding carboxylic acids is 1. The fourth-order valence-electron chi connectivity index (χ4n) is 2.32. The van der Waals surface area contributed by atoms with E-state index in [1.807, 2.05) is 0 Å². The van der Waals surface area contributed by atoms with Crippen molar-refractivity contribution >= 4 is 5.91 Å². The fraction of sp³-hybridized carbons (Fsp3) is 0.294. The van der Waals surface area contributed by atoms with Crippen LogP contribution >= 0.6 is 0 Å². The van der Waals surface area contributed by atoms with Gasteiger partial charge in [-0.05, 0) is 18.2 Å². The van der Waals surface area contributed by atoms with E-state index in [0.717, 1.165) is 6.54 Å². The molecule has 2 heterocycles. The van der Waals surface area contributed by atoms with Crippen molar-refractivity contribution in [3.8, 4) is 11.6 Å². The molecule has 1 unspecified atom stereocenters. The highest BCUT2D eigenvalue weighted by Gasteiger charge is 2.21. The maximum atomic E-state index is 13.3. The van der Waals surface area contributed by atoms with Gasteiger partial charge in [0.1, 0.15) is 17.7 Å². The van der Waals surface area contributed by atoms with Gasteiger partial charge in [0.25, 0.3) is 5.91 Å². The maximum Gasteiger partial charge on any atom is 0.250 e. The number of rotatable bonds is 5. The molecule has 1 aromatic heterocycles. The van der Waals surface area contributed by atoms with Crippen LogP contribution in [0.3, 0.4) is 0 Å². The van der Waals surface area contributed by atoms with Crippen LogP contribution in [-0.4, -0.2) is 36.7 Å². The van der Waals surface area contributed by atoms with Crippen LogP contribution in [0.1, 0.15) is 5.56 Å². The summed E-state index contributed by atoms with van der Waals surface area (Å²) in [6.45, 7) is 2.00. The summed E-state index contributed by atoms with van der Waals surface area (Å²) in [6.07, 6.45) is 1.08. The Labute approximate surface area is 139 Å². The SMILES string of the molecule is O=C(NCc1cccnc1Oc1cccc(F)c1)C1CNCCO1. The summed E-state index contributed by atoms with van der Waals surface area (Å²) in [4.78, 5) is 16.3. The molecule has 1 amide bonds. The molecule has 2 N–H and O–H groups in total. The summed E-state index contributed by atoms with van der Waals surface area (Å²) in [5.74, 6) is 0.0927. The van der Waals surface area contributed by atoms with Gasteiger partial charge in [0.05, 0.1) is 6.61 Å². The molecule has 1 aliphatic heterocycles. The Morgan fingerprint density at radius 2 is 2.33 bits per heavy atom. The smallest absolute Gasteiger partial charge is 0.250 e. The van der Waals surface area contributed by atoms with E-state index in [4.69, 9.17) is 9.47 Å². The van der Waals surface area contributed by atoms with Gasteiger partial charge in [0.2, 0.25) is 5.88 Å². The van der Waals surface area contributed by atoms with Gasteiger partial charge < -0.3 is 20.1 Å². The highest BCUT2D eigenvalue weighted by molar-refractivity contribution is 5.81. The summed E-state index contributed by atoms with van der Waals surface area (Å²) in [7, 11) is 0. The van der Waals surface area contributed by atoms with E-state index in [-0.39, 0.29) is 18.3 Å². The third-order valence-electron chi connectivity index (χ3n) is 3.53. The molecule has 2 aromatic rings. The Balaban J connectivity index is 1.64. The number of carbonyl (C=O) groups is 1. The fourth-order valence-corrected chi connectivity index (χ4v) is 2.32. The molecule has 126 valence electrons. The summed E-state index contributed by atoms with van der Waals surface area (Å²) in [5, 5.41) is 5.91. The van der Waals surface area contributed by atoms with Crippen LogP contribution in [0.25, 0.3) is 0 Å². The van der Waals surface area contributed by atoms with Crippen LogP contribution in [0.2, 0.25) is 0 Å². The predicted octanol–water partition coefficient (Wildman–Crippen LogP) is 1.62. The lowest BCUT2D eigenvalue weighted by molar-refractivity contribution is -0.134. The number of aromatic nitrogens is 1. The van der Waals surface area contributed by atoms with Gasteiger partial charge in [-0.3, -0.25) is 4.79 Å². The van der Waals surface area contributed by atoms with Gasteiger partial charge in [-0.25, -0.2) is 9.37 Å². The van der Waals surface area contributed by atoms with Crippen LogP contribution in [-0.2, 0) is 16.1 Å². The van der Waals surface area contributed by atoms with E-state index >= 15 is 0 Å². The van der Waals surface area contributed by atoms with Crippen molar-refractivity contribution in [2.45, 2.75) is 12.6 Å². The molecule has 3 rings (SSSR count). The van der Waals surface area contributed by atoms with Crippen LogP contribution in [0.15, 0.2) is 42.6 Å². The lowest BCUT2D eigenvalue weighted by Gasteiger charge is -2.22. The molecular weight excluding hydrogens is 313 g/mol. The number of benzene rings is 1. The van der Waals surface area contributed by atoms with Crippen molar-refractivity contribution in [2.24, 2.45) is 0 Å². The lowest BCUT2D eigenvalue weighted by atomic mass is 10.2. The Bertz CT molecular complexity index is 705. The van der Waals surface area contributed by atoms with Crippen molar-refractivity contribution < 1.29 is 18.7 Å². The summed E-state index contributed by atoms with van der Waals surface area (Å²) >= 11 is 0. The molecule has 1 fully saturated rings. The van der Waals surface area contributed by atoms with Crippen molar-refractivity contribution in [1.29, 1.82) is 0 Å². The Morgan fingerprint density at radius 3 is 3.12 bits per heavy atom. The zero-order valence-electron chi connectivity index (χ0n) is 13.0. The Kier molecular flexibility index (Phi) is 5.35. The number of halogens is 1. The van der Waals surface area contributed by atoms with Gasteiger partial charge in [0, 0.05) is 37.5 Å². The molecule has 1 aliphatic rings. The second-order valence-electron chi connectivity index (χ2n) is 5.31. The first-order valence-electron chi connectivity index (χ1n) is 7.70. The number of ether oxygens (including phenoxy) is 2. The average Bonchev–Trinajstić information content (AvgIpc) is 2.61. The monoisotopic (exact) mass is 331 g/mol. The van der Waals surface area contributed by atoms with Gasteiger partial charge in [-0.15, -0.1) is 0 Å². The molecule has 1 saturated heterocycles. The lowest BCUT2D eigenvalue weighted by Crippen LogP contribution is -2.47. The minimum Gasteiger partial charge on any atom is -0.439 e. The Morgan fingerprint density at radius 1 is 1.42 bits per heavy atom. The Hall–Kier alpha value is -2.51. The van der Waals surface area contributed by atoms with Crippen molar-refractivity contribution in [3.63, 3.8) is 0 Å². The van der Waals surface area contributed by atoms with Crippen molar-refractivity contribution in [2.75, 3.05) is 19.7 Å². The van der Waals surface area contributed by atoms with Crippen molar-refractivity contribution in [3.05, 3.63) is 54.0 Å². The highest BCUT2D eigenvalue weighted by atomic mass is 19.1. The minimum absolute atomic E-state index is 0.192. The number of morpholine rings is 1. The van der Waals surface area contributed by atoms with Crippen molar-refractivity contribution in [1.82, 2.24) is 15.6 Å². The first-order chi connectivity index (χ1) is 11.7. The van der Waals surface area contributed by atoms with E-state index < -0.39 is 6.10 Å². The number of nitrogens with zero attached hydrogens (tertiary/aromatic N) is 1. The van der Waals surface area contributed by atoms with E-state index in [0.29, 0.717) is 30.3 Å². The molecule has 0 aliphatic carbocycles. The number of hydrogen-bond donors (Lipinski definition) is 2. The highest BCUT2D eigenvalue weighted by Crippen LogP contribution is 2.23. The third kappa shape index (κ3) is 4.27. The number of nitrogens with one attached hydrogen (secondary N) is 2. The first-order valence-corrected chi connectivity index (χ1v) is 7.70. The van der Waals surface area contributed by atoms with E-state index in [2.05, 4.69) is 15.6 Å². The number of pyridine rings is 1.